The highest BCUT2D eigenvalue weighted by Crippen LogP contribution is 2.00. The zero-order valence-electron chi connectivity index (χ0n) is 10.5. The van der Waals surface area contributed by atoms with Gasteiger partial charge in [0.1, 0.15) is 6.54 Å². The van der Waals surface area contributed by atoms with Crippen molar-refractivity contribution in [3.63, 3.8) is 0 Å². The van der Waals surface area contributed by atoms with Gasteiger partial charge in [0.25, 0.3) is 0 Å². The third-order valence-electron chi connectivity index (χ3n) is 2.57. The van der Waals surface area contributed by atoms with Crippen LogP contribution in [0.5, 0.6) is 0 Å². The molecule has 1 amide bonds. The molecule has 0 radical (unpaired) electrons. The SMILES string of the molecule is CCN(CC)C(=O)Cn1nnnc1CCC(=O)O. The molecule has 0 spiro atoms. The predicted molar refractivity (Wildman–Crippen MR) is 61.7 cm³/mol. The van der Waals surface area contributed by atoms with Crippen molar-refractivity contribution < 1.29 is 14.7 Å². The van der Waals surface area contributed by atoms with E-state index in [0.717, 1.165) is 0 Å². The van der Waals surface area contributed by atoms with Crippen LogP contribution in [0.4, 0.5) is 0 Å². The van der Waals surface area contributed by atoms with E-state index in [1.165, 1.54) is 4.68 Å². The Labute approximate surface area is 105 Å². The molecule has 0 aliphatic heterocycles. The van der Waals surface area contributed by atoms with Gasteiger partial charge in [-0.1, -0.05) is 0 Å². The molecule has 0 saturated heterocycles. The number of hydrogen-bond acceptors (Lipinski definition) is 5. The van der Waals surface area contributed by atoms with E-state index in [0.29, 0.717) is 18.9 Å². The number of carboxylic acids is 1. The van der Waals surface area contributed by atoms with Gasteiger partial charge in [-0.25, -0.2) is 4.68 Å². The molecule has 1 aromatic heterocycles. The molecule has 0 unspecified atom stereocenters. The summed E-state index contributed by atoms with van der Waals surface area (Å²) in [5, 5.41) is 19.5. The van der Waals surface area contributed by atoms with E-state index < -0.39 is 5.97 Å². The summed E-state index contributed by atoms with van der Waals surface area (Å²) >= 11 is 0. The Morgan fingerprint density at radius 2 is 2.00 bits per heavy atom. The molecule has 0 aromatic carbocycles. The molecule has 0 aliphatic carbocycles. The zero-order valence-corrected chi connectivity index (χ0v) is 10.5. The molecule has 8 nitrogen and oxygen atoms in total. The van der Waals surface area contributed by atoms with Gasteiger partial charge >= 0.3 is 5.97 Å². The van der Waals surface area contributed by atoms with Gasteiger partial charge < -0.3 is 10.0 Å². The summed E-state index contributed by atoms with van der Waals surface area (Å²) in [5.74, 6) is -0.582. The number of aromatic nitrogens is 4. The fourth-order valence-corrected chi connectivity index (χ4v) is 1.55. The van der Waals surface area contributed by atoms with Crippen LogP contribution in [0, 0.1) is 0 Å². The second-order valence-electron chi connectivity index (χ2n) is 3.71. The number of tetrazole rings is 1. The minimum Gasteiger partial charge on any atom is -0.481 e. The van der Waals surface area contributed by atoms with Crippen LogP contribution in [0.1, 0.15) is 26.1 Å². The topological polar surface area (TPSA) is 101 Å². The van der Waals surface area contributed by atoms with Crippen LogP contribution in [0.3, 0.4) is 0 Å². The number of rotatable bonds is 7. The van der Waals surface area contributed by atoms with Crippen LogP contribution in [0.15, 0.2) is 0 Å². The van der Waals surface area contributed by atoms with E-state index in [9.17, 15) is 9.59 Å². The Bertz CT molecular complexity index is 413. The van der Waals surface area contributed by atoms with E-state index in [-0.39, 0.29) is 25.3 Å². The van der Waals surface area contributed by atoms with Crippen molar-refractivity contribution in [2.24, 2.45) is 0 Å². The number of likely N-dealkylation sites (N-methyl/N-ethyl adjacent to an activating group) is 1. The average molecular weight is 255 g/mol. The number of carboxylic acid groups (broad SMARTS) is 1. The molecule has 0 fully saturated rings. The predicted octanol–water partition coefficient (Wildman–Crippen LogP) is -0.441. The number of aryl methyl sites for hydroxylation is 1. The standard InChI is InChI=1S/C10H17N5O3/c1-3-14(4-2)9(16)7-15-8(11-12-13-15)5-6-10(17)18/h3-7H2,1-2H3,(H,17,18). The molecule has 18 heavy (non-hydrogen) atoms. The van der Waals surface area contributed by atoms with Crippen LogP contribution >= 0.6 is 0 Å². The number of amides is 1. The lowest BCUT2D eigenvalue weighted by molar-refractivity contribution is -0.137. The minimum atomic E-state index is -0.917. The molecule has 0 saturated carbocycles. The molecule has 0 aliphatic rings. The first-order chi connectivity index (χ1) is 8.58. The van der Waals surface area contributed by atoms with Gasteiger partial charge in [0.05, 0.1) is 6.42 Å². The van der Waals surface area contributed by atoms with E-state index >= 15 is 0 Å². The Balaban J connectivity index is 2.64. The normalized spacial score (nSPS) is 10.3. The second kappa shape index (κ2) is 6.67. The van der Waals surface area contributed by atoms with Gasteiger partial charge in [-0.3, -0.25) is 9.59 Å². The van der Waals surface area contributed by atoms with Crippen molar-refractivity contribution >= 4 is 11.9 Å². The van der Waals surface area contributed by atoms with Crippen molar-refractivity contribution in [3.05, 3.63) is 5.82 Å². The Morgan fingerprint density at radius 1 is 1.33 bits per heavy atom. The molecule has 0 bridgehead atoms. The summed E-state index contributed by atoms with van der Waals surface area (Å²) in [7, 11) is 0. The third-order valence-corrected chi connectivity index (χ3v) is 2.57. The fraction of sp³-hybridized carbons (Fsp3) is 0.700. The van der Waals surface area contributed by atoms with Crippen molar-refractivity contribution in [1.82, 2.24) is 25.1 Å². The smallest absolute Gasteiger partial charge is 0.303 e. The van der Waals surface area contributed by atoms with Crippen LogP contribution in [0.2, 0.25) is 0 Å². The molecular weight excluding hydrogens is 238 g/mol. The number of aliphatic carboxylic acids is 1. The third kappa shape index (κ3) is 3.79. The summed E-state index contributed by atoms with van der Waals surface area (Å²) < 4.78 is 1.35. The fourth-order valence-electron chi connectivity index (χ4n) is 1.55. The molecule has 1 heterocycles. The van der Waals surface area contributed by atoms with Crippen LogP contribution in [0.25, 0.3) is 0 Å². The van der Waals surface area contributed by atoms with E-state index in [1.54, 1.807) is 4.90 Å². The van der Waals surface area contributed by atoms with Crippen molar-refractivity contribution in [2.45, 2.75) is 33.2 Å². The van der Waals surface area contributed by atoms with E-state index in [4.69, 9.17) is 5.11 Å². The maximum Gasteiger partial charge on any atom is 0.303 e. The number of hydrogen-bond donors (Lipinski definition) is 1. The minimum absolute atomic E-state index is 0.0453. The van der Waals surface area contributed by atoms with Crippen LogP contribution in [-0.4, -0.2) is 55.2 Å². The highest BCUT2D eigenvalue weighted by molar-refractivity contribution is 5.75. The summed E-state index contributed by atoms with van der Waals surface area (Å²) in [6.07, 6.45) is 0.160. The molecule has 1 N–H and O–H groups in total. The van der Waals surface area contributed by atoms with Gasteiger partial charge in [-0.05, 0) is 24.3 Å². The lowest BCUT2D eigenvalue weighted by Crippen LogP contribution is -2.34. The largest absolute Gasteiger partial charge is 0.481 e. The first kappa shape index (κ1) is 14.1. The Morgan fingerprint density at radius 3 is 2.56 bits per heavy atom. The lowest BCUT2D eigenvalue weighted by Gasteiger charge is -2.18. The maximum atomic E-state index is 11.9. The molecular formula is C10H17N5O3. The molecule has 100 valence electrons. The first-order valence-electron chi connectivity index (χ1n) is 5.83. The van der Waals surface area contributed by atoms with Gasteiger partial charge in [0, 0.05) is 19.5 Å². The quantitative estimate of drug-likeness (QED) is 0.708. The van der Waals surface area contributed by atoms with E-state index in [1.807, 2.05) is 13.8 Å². The molecule has 1 aromatic rings. The maximum absolute atomic E-state index is 11.9. The van der Waals surface area contributed by atoms with Crippen molar-refractivity contribution in [3.8, 4) is 0 Å². The Kier molecular flexibility index (Phi) is 5.22. The zero-order chi connectivity index (χ0) is 13.5. The second-order valence-corrected chi connectivity index (χ2v) is 3.71. The average Bonchev–Trinajstić information content (AvgIpc) is 2.75. The van der Waals surface area contributed by atoms with Gasteiger partial charge in [-0.15, -0.1) is 5.10 Å². The highest BCUT2D eigenvalue weighted by Gasteiger charge is 2.15. The monoisotopic (exact) mass is 255 g/mol. The summed E-state index contributed by atoms with van der Waals surface area (Å²) in [6, 6.07) is 0. The van der Waals surface area contributed by atoms with Gasteiger partial charge in [0.15, 0.2) is 5.82 Å². The molecule has 0 atom stereocenters. The van der Waals surface area contributed by atoms with Gasteiger partial charge in [0.2, 0.25) is 5.91 Å². The van der Waals surface area contributed by atoms with Crippen LogP contribution in [-0.2, 0) is 22.6 Å². The van der Waals surface area contributed by atoms with Crippen LogP contribution < -0.4 is 0 Å². The first-order valence-corrected chi connectivity index (χ1v) is 5.83. The lowest BCUT2D eigenvalue weighted by atomic mass is 10.3. The van der Waals surface area contributed by atoms with Crippen molar-refractivity contribution in [2.75, 3.05) is 13.1 Å². The van der Waals surface area contributed by atoms with E-state index in [2.05, 4.69) is 15.5 Å². The number of carbonyl (C=O) groups is 2. The summed E-state index contributed by atoms with van der Waals surface area (Å²) in [5.41, 5.74) is 0. The summed E-state index contributed by atoms with van der Waals surface area (Å²) in [6.45, 7) is 5.09. The summed E-state index contributed by atoms with van der Waals surface area (Å²) in [4.78, 5) is 24.0. The Hall–Kier alpha value is -1.99. The highest BCUT2D eigenvalue weighted by atomic mass is 16.4. The molecule has 8 heteroatoms. The number of carbonyl (C=O) groups excluding carboxylic acids is 1. The van der Waals surface area contributed by atoms with Crippen molar-refractivity contribution in [1.29, 1.82) is 0 Å². The number of nitrogens with zero attached hydrogens (tertiary/aromatic N) is 5. The molecule has 1 rings (SSSR count). The van der Waals surface area contributed by atoms with Gasteiger partial charge in [-0.2, -0.15) is 0 Å².